The highest BCUT2D eigenvalue weighted by molar-refractivity contribution is 7.07. The maximum absolute atomic E-state index is 14.1. The lowest BCUT2D eigenvalue weighted by atomic mass is 9.93. The average molecular weight is 591 g/mol. The van der Waals surface area contributed by atoms with E-state index in [-0.39, 0.29) is 17.7 Å². The molecule has 210 valence electrons. The van der Waals surface area contributed by atoms with E-state index in [1.807, 2.05) is 36.4 Å². The number of aromatic nitrogens is 1. The lowest BCUT2D eigenvalue weighted by molar-refractivity contribution is -0.138. The predicted octanol–water partition coefficient (Wildman–Crippen LogP) is 4.61. The van der Waals surface area contributed by atoms with E-state index in [0.717, 1.165) is 11.1 Å². The molecule has 0 N–H and O–H groups in total. The van der Waals surface area contributed by atoms with E-state index >= 15 is 0 Å². The number of nitrogens with zero attached hydrogens (tertiary/aromatic N) is 2. The van der Waals surface area contributed by atoms with Crippen LogP contribution >= 0.6 is 22.9 Å². The van der Waals surface area contributed by atoms with Gasteiger partial charge in [-0.3, -0.25) is 9.36 Å². The molecule has 1 aliphatic rings. The first-order valence-electron chi connectivity index (χ1n) is 12.7. The van der Waals surface area contributed by atoms with Gasteiger partial charge >= 0.3 is 5.97 Å². The summed E-state index contributed by atoms with van der Waals surface area (Å²) in [6, 6.07) is 19.1. The fourth-order valence-electron chi connectivity index (χ4n) is 4.70. The fourth-order valence-corrected chi connectivity index (χ4v) is 5.97. The minimum atomic E-state index is -0.845. The number of ether oxygens (including phenoxy) is 4. The summed E-state index contributed by atoms with van der Waals surface area (Å²) >= 11 is 7.57. The third-order valence-corrected chi connectivity index (χ3v) is 7.85. The van der Waals surface area contributed by atoms with Crippen LogP contribution in [0.5, 0.6) is 17.2 Å². The van der Waals surface area contributed by atoms with Gasteiger partial charge in [0.15, 0.2) is 16.3 Å². The number of benzene rings is 3. The molecule has 1 atom stereocenters. The Morgan fingerprint density at radius 2 is 1.68 bits per heavy atom. The van der Waals surface area contributed by atoms with E-state index in [4.69, 9.17) is 35.5 Å². The summed E-state index contributed by atoms with van der Waals surface area (Å²) in [6.45, 7) is 1.90. The summed E-state index contributed by atoms with van der Waals surface area (Å²) in [5.74, 6) is 0.947. The van der Waals surface area contributed by atoms with Gasteiger partial charge in [0.2, 0.25) is 0 Å². The summed E-state index contributed by atoms with van der Waals surface area (Å²) < 4.78 is 23.7. The van der Waals surface area contributed by atoms with Gasteiger partial charge in [-0.1, -0.05) is 65.4 Å². The van der Waals surface area contributed by atoms with Gasteiger partial charge in [-0.2, -0.15) is 0 Å². The van der Waals surface area contributed by atoms with Crippen molar-refractivity contribution in [3.05, 3.63) is 114 Å². The molecule has 1 unspecified atom stereocenters. The molecular formula is C31H27ClN2O6S. The third-order valence-electron chi connectivity index (χ3n) is 6.57. The molecule has 5 rings (SSSR count). The summed E-state index contributed by atoms with van der Waals surface area (Å²) in [7, 11) is 4.62. The minimum Gasteiger partial charge on any atom is -0.495 e. The van der Waals surface area contributed by atoms with Crippen LogP contribution in [0.1, 0.15) is 29.7 Å². The molecule has 0 bridgehead atoms. The third kappa shape index (κ3) is 5.38. The lowest BCUT2D eigenvalue weighted by Crippen LogP contribution is -2.40. The Morgan fingerprint density at radius 1 is 0.976 bits per heavy atom. The molecule has 0 fully saturated rings. The SMILES string of the molecule is CCOC(=O)C1=C(c2ccccc2)N=c2s/c(=C/c3ccc(OC)c(Cl)c3)c(=O)n2C1c1ccc(OC)c(OC)c1. The molecule has 41 heavy (non-hydrogen) atoms. The molecule has 0 saturated carbocycles. The van der Waals surface area contributed by atoms with Gasteiger partial charge in [0.05, 0.1) is 54.8 Å². The Morgan fingerprint density at radius 3 is 2.34 bits per heavy atom. The molecule has 8 nitrogen and oxygen atoms in total. The van der Waals surface area contributed by atoms with Crippen molar-refractivity contribution >= 4 is 40.7 Å². The molecule has 0 amide bonds. The van der Waals surface area contributed by atoms with E-state index < -0.39 is 12.0 Å². The normalized spacial score (nSPS) is 14.8. The maximum Gasteiger partial charge on any atom is 0.338 e. The number of carbonyl (C=O) groups excluding carboxylic acids is 1. The first-order valence-corrected chi connectivity index (χ1v) is 13.9. The van der Waals surface area contributed by atoms with Crippen LogP contribution in [0.25, 0.3) is 11.8 Å². The van der Waals surface area contributed by atoms with Crippen molar-refractivity contribution < 1.29 is 23.7 Å². The van der Waals surface area contributed by atoms with Crippen LogP contribution in [0.3, 0.4) is 0 Å². The Bertz CT molecular complexity index is 1830. The number of hydrogen-bond donors (Lipinski definition) is 0. The topological polar surface area (TPSA) is 88.4 Å². The van der Waals surface area contributed by atoms with Crippen LogP contribution in [0.2, 0.25) is 5.02 Å². The van der Waals surface area contributed by atoms with E-state index in [9.17, 15) is 9.59 Å². The highest BCUT2D eigenvalue weighted by Crippen LogP contribution is 2.38. The van der Waals surface area contributed by atoms with Crippen molar-refractivity contribution in [3.8, 4) is 17.2 Å². The number of hydrogen-bond acceptors (Lipinski definition) is 8. The van der Waals surface area contributed by atoms with Gasteiger partial charge in [-0.15, -0.1) is 0 Å². The molecule has 0 spiro atoms. The first kappa shape index (κ1) is 28.2. The zero-order valence-corrected chi connectivity index (χ0v) is 24.4. The quantitative estimate of drug-likeness (QED) is 0.278. The van der Waals surface area contributed by atoms with Crippen LogP contribution in [0.15, 0.2) is 82.1 Å². The first-order chi connectivity index (χ1) is 19.9. The summed E-state index contributed by atoms with van der Waals surface area (Å²) in [4.78, 5) is 33.0. The Balaban J connectivity index is 1.82. The Hall–Kier alpha value is -4.34. The molecule has 0 radical (unpaired) electrons. The summed E-state index contributed by atoms with van der Waals surface area (Å²) in [5.41, 5.74) is 2.45. The molecule has 0 aliphatic carbocycles. The second kappa shape index (κ2) is 12.0. The van der Waals surface area contributed by atoms with E-state index in [1.165, 1.54) is 23.0 Å². The predicted molar refractivity (Wildman–Crippen MR) is 159 cm³/mol. The number of fused-ring (bicyclic) bond motifs is 1. The fraction of sp³-hybridized carbons (Fsp3) is 0.194. The van der Waals surface area contributed by atoms with Crippen molar-refractivity contribution in [3.63, 3.8) is 0 Å². The van der Waals surface area contributed by atoms with Crippen LogP contribution < -0.4 is 29.1 Å². The molecule has 0 saturated heterocycles. The number of thiazole rings is 1. The van der Waals surface area contributed by atoms with Gasteiger partial charge in [0, 0.05) is 5.56 Å². The Kier molecular flexibility index (Phi) is 8.28. The number of rotatable bonds is 8. The van der Waals surface area contributed by atoms with Gasteiger partial charge in [0.25, 0.3) is 5.56 Å². The van der Waals surface area contributed by atoms with E-state index in [1.54, 1.807) is 57.6 Å². The number of halogens is 1. The molecule has 4 aromatic rings. The van der Waals surface area contributed by atoms with Crippen molar-refractivity contribution in [1.29, 1.82) is 0 Å². The van der Waals surface area contributed by atoms with Gasteiger partial charge in [-0.25, -0.2) is 9.79 Å². The largest absolute Gasteiger partial charge is 0.495 e. The molecule has 1 aromatic heterocycles. The second-order valence-corrected chi connectivity index (χ2v) is 10.4. The lowest BCUT2D eigenvalue weighted by Gasteiger charge is -2.26. The van der Waals surface area contributed by atoms with Crippen molar-refractivity contribution in [1.82, 2.24) is 4.57 Å². The second-order valence-electron chi connectivity index (χ2n) is 8.94. The Labute approximate surface area is 245 Å². The van der Waals surface area contributed by atoms with Crippen LogP contribution in [-0.4, -0.2) is 38.5 Å². The zero-order valence-electron chi connectivity index (χ0n) is 22.8. The zero-order chi connectivity index (χ0) is 29.1. The standard InChI is InChI=1S/C31H27ClN2O6S/c1-5-40-30(36)26-27(19-9-7-6-8-10-19)33-31-34(28(26)20-12-14-23(38-3)24(17-20)39-4)29(35)25(41-31)16-18-11-13-22(37-2)21(32)15-18/h6-17,28H,5H2,1-4H3/b25-16+. The molecule has 2 heterocycles. The maximum atomic E-state index is 14.1. The number of esters is 1. The highest BCUT2D eigenvalue weighted by Gasteiger charge is 2.35. The van der Waals surface area contributed by atoms with Crippen LogP contribution in [-0.2, 0) is 9.53 Å². The average Bonchev–Trinajstić information content (AvgIpc) is 3.30. The minimum absolute atomic E-state index is 0.158. The van der Waals surface area contributed by atoms with Crippen molar-refractivity contribution in [2.24, 2.45) is 4.99 Å². The van der Waals surface area contributed by atoms with Crippen molar-refractivity contribution in [2.75, 3.05) is 27.9 Å². The van der Waals surface area contributed by atoms with E-state index in [2.05, 4.69) is 0 Å². The monoisotopic (exact) mass is 590 g/mol. The summed E-state index contributed by atoms with van der Waals surface area (Å²) in [5, 5.41) is 0.424. The number of methoxy groups -OCH3 is 3. The van der Waals surface area contributed by atoms with Gasteiger partial charge in [0.1, 0.15) is 5.75 Å². The smallest absolute Gasteiger partial charge is 0.338 e. The van der Waals surface area contributed by atoms with Gasteiger partial charge < -0.3 is 18.9 Å². The van der Waals surface area contributed by atoms with Crippen LogP contribution in [0, 0.1) is 0 Å². The molecule has 10 heteroatoms. The van der Waals surface area contributed by atoms with Crippen molar-refractivity contribution in [2.45, 2.75) is 13.0 Å². The van der Waals surface area contributed by atoms with Gasteiger partial charge in [-0.05, 0) is 48.4 Å². The number of carbonyl (C=O) groups is 1. The highest BCUT2D eigenvalue weighted by atomic mass is 35.5. The summed E-state index contributed by atoms with van der Waals surface area (Å²) in [6.07, 6.45) is 1.75. The van der Waals surface area contributed by atoms with E-state index in [0.29, 0.717) is 42.9 Å². The van der Waals surface area contributed by atoms with Crippen LogP contribution in [0.4, 0.5) is 0 Å². The molecule has 3 aromatic carbocycles. The molecular weight excluding hydrogens is 564 g/mol. The molecule has 1 aliphatic heterocycles.